The second-order valence-corrected chi connectivity index (χ2v) is 4.45. The number of aromatic nitrogens is 1. The first-order valence-electron chi connectivity index (χ1n) is 5.77. The Bertz CT molecular complexity index is 532. The third kappa shape index (κ3) is 4.90. The second-order valence-electron chi connectivity index (χ2n) is 4.03. The van der Waals surface area contributed by atoms with Crippen molar-refractivity contribution in [3.63, 3.8) is 0 Å². The van der Waals surface area contributed by atoms with Gasteiger partial charge in [-0.1, -0.05) is 24.4 Å². The summed E-state index contributed by atoms with van der Waals surface area (Å²) < 4.78 is 27.6. The van der Waals surface area contributed by atoms with Gasteiger partial charge in [-0.25, -0.2) is 13.6 Å². The van der Waals surface area contributed by atoms with E-state index in [0.29, 0.717) is 4.64 Å². The topological polar surface area (TPSA) is 31.2 Å². The van der Waals surface area contributed by atoms with E-state index in [9.17, 15) is 13.6 Å². The van der Waals surface area contributed by atoms with E-state index in [1.807, 2.05) is 0 Å². The zero-order valence-corrected chi connectivity index (χ0v) is 11.5. The molecule has 0 saturated carbocycles. The predicted molar refractivity (Wildman–Crippen MR) is 70.5 cm³/mol. The summed E-state index contributed by atoms with van der Waals surface area (Å²) in [5.74, 6) is -3.52. The van der Waals surface area contributed by atoms with E-state index in [-0.39, 0.29) is 18.4 Å². The third-order valence-electron chi connectivity index (χ3n) is 2.50. The maximum atomic E-state index is 13.1. The number of allylic oxidation sites excluding steroid dienone is 2. The monoisotopic (exact) mass is 287 g/mol. The molecule has 0 aromatic carbocycles. The highest BCUT2D eigenvalue weighted by molar-refractivity contribution is 7.71. The van der Waals surface area contributed by atoms with Crippen LogP contribution in [0.5, 0.6) is 0 Å². The number of carbonyl (C=O) groups excluding carboxylic acids is 1. The SMILES string of the molecule is C/C=C(\CCC(=O)On1ccccc1=S)C(C)(F)F. The molecule has 19 heavy (non-hydrogen) atoms. The Kier molecular flexibility index (Phi) is 5.35. The lowest BCUT2D eigenvalue weighted by atomic mass is 10.0. The molecule has 1 rings (SSSR count). The van der Waals surface area contributed by atoms with Crippen molar-refractivity contribution in [2.24, 2.45) is 0 Å². The van der Waals surface area contributed by atoms with Gasteiger partial charge in [-0.2, -0.15) is 4.73 Å². The molecule has 0 N–H and O–H groups in total. The van der Waals surface area contributed by atoms with Gasteiger partial charge in [0.25, 0.3) is 5.92 Å². The predicted octanol–water partition coefficient (Wildman–Crippen LogP) is 3.55. The summed E-state index contributed by atoms with van der Waals surface area (Å²) in [6.45, 7) is 2.33. The van der Waals surface area contributed by atoms with Crippen molar-refractivity contribution in [1.29, 1.82) is 0 Å². The lowest BCUT2D eigenvalue weighted by Gasteiger charge is -2.14. The Labute approximate surface area is 115 Å². The summed E-state index contributed by atoms with van der Waals surface area (Å²) in [7, 11) is 0. The van der Waals surface area contributed by atoms with Gasteiger partial charge in [-0.05, 0) is 31.1 Å². The molecule has 0 aliphatic rings. The zero-order valence-electron chi connectivity index (χ0n) is 10.7. The van der Waals surface area contributed by atoms with Gasteiger partial charge in [0.2, 0.25) is 0 Å². The first-order chi connectivity index (χ1) is 8.84. The molecular weight excluding hydrogens is 272 g/mol. The number of alkyl halides is 2. The minimum atomic E-state index is -2.92. The van der Waals surface area contributed by atoms with E-state index < -0.39 is 11.9 Å². The summed E-state index contributed by atoms with van der Waals surface area (Å²) in [5, 5.41) is 0. The molecule has 1 aromatic rings. The quantitative estimate of drug-likeness (QED) is 0.613. The van der Waals surface area contributed by atoms with E-state index in [4.69, 9.17) is 17.1 Å². The van der Waals surface area contributed by atoms with E-state index in [1.165, 1.54) is 19.2 Å². The first-order valence-corrected chi connectivity index (χ1v) is 6.17. The van der Waals surface area contributed by atoms with Crippen LogP contribution in [0.15, 0.2) is 36.0 Å². The molecule has 0 aliphatic carbocycles. The Morgan fingerprint density at radius 3 is 2.68 bits per heavy atom. The van der Waals surface area contributed by atoms with Crippen molar-refractivity contribution in [3.05, 3.63) is 40.7 Å². The molecule has 0 amide bonds. The number of hydrogen-bond acceptors (Lipinski definition) is 3. The van der Waals surface area contributed by atoms with Gasteiger partial charge in [0, 0.05) is 13.1 Å². The van der Waals surface area contributed by atoms with Crippen molar-refractivity contribution < 1.29 is 18.4 Å². The van der Waals surface area contributed by atoms with Gasteiger partial charge in [-0.3, -0.25) is 0 Å². The standard InChI is InChI=1S/C13H15F2NO2S/c1-3-10(13(2,14)15)7-8-12(17)18-16-9-5-4-6-11(16)19/h3-6,9H,7-8H2,1-2H3/b10-3+. The maximum absolute atomic E-state index is 13.1. The van der Waals surface area contributed by atoms with Crippen LogP contribution in [0.25, 0.3) is 0 Å². The molecule has 0 fully saturated rings. The summed E-state index contributed by atoms with van der Waals surface area (Å²) in [6.07, 6.45) is 2.64. The van der Waals surface area contributed by atoms with Crippen LogP contribution in [0.3, 0.4) is 0 Å². The summed E-state index contributed by atoms with van der Waals surface area (Å²) in [6, 6.07) is 4.96. The first kappa shape index (κ1) is 15.5. The molecule has 0 saturated heterocycles. The third-order valence-corrected chi connectivity index (χ3v) is 2.82. The van der Waals surface area contributed by atoms with Crippen molar-refractivity contribution in [2.75, 3.05) is 0 Å². The van der Waals surface area contributed by atoms with Gasteiger partial charge in [0.1, 0.15) is 4.64 Å². The number of nitrogens with zero attached hydrogens (tertiary/aromatic N) is 1. The fourth-order valence-corrected chi connectivity index (χ4v) is 1.67. The smallest absolute Gasteiger partial charge is 0.333 e. The molecule has 3 nitrogen and oxygen atoms in total. The van der Waals surface area contributed by atoms with Crippen molar-refractivity contribution in [3.8, 4) is 0 Å². The minimum absolute atomic E-state index is 0.0427. The van der Waals surface area contributed by atoms with Crippen LogP contribution in [-0.4, -0.2) is 16.6 Å². The minimum Gasteiger partial charge on any atom is -0.336 e. The van der Waals surface area contributed by atoms with Gasteiger partial charge in [0.05, 0.1) is 6.42 Å². The molecule has 0 unspecified atom stereocenters. The molecular formula is C13H15F2NO2S. The van der Waals surface area contributed by atoms with Crippen LogP contribution in [-0.2, 0) is 4.79 Å². The number of rotatable bonds is 5. The number of carbonyl (C=O) groups is 1. The highest BCUT2D eigenvalue weighted by atomic mass is 32.1. The summed E-state index contributed by atoms with van der Waals surface area (Å²) >= 11 is 4.94. The lowest BCUT2D eigenvalue weighted by molar-refractivity contribution is -0.144. The molecule has 0 radical (unpaired) electrons. The Balaban J connectivity index is 2.58. The van der Waals surface area contributed by atoms with Crippen LogP contribution < -0.4 is 4.84 Å². The highest BCUT2D eigenvalue weighted by Crippen LogP contribution is 2.26. The van der Waals surface area contributed by atoms with Crippen molar-refractivity contribution in [2.45, 2.75) is 32.6 Å². The van der Waals surface area contributed by atoms with Crippen LogP contribution in [0.4, 0.5) is 8.78 Å². The summed E-state index contributed by atoms with van der Waals surface area (Å²) in [5.41, 5.74) is -0.0823. The zero-order chi connectivity index (χ0) is 14.5. The normalized spacial score (nSPS) is 12.3. The lowest BCUT2D eigenvalue weighted by Crippen LogP contribution is -2.21. The van der Waals surface area contributed by atoms with Gasteiger partial charge < -0.3 is 4.84 Å². The van der Waals surface area contributed by atoms with E-state index >= 15 is 0 Å². The molecule has 104 valence electrons. The van der Waals surface area contributed by atoms with E-state index in [1.54, 1.807) is 18.2 Å². The van der Waals surface area contributed by atoms with Crippen molar-refractivity contribution >= 4 is 18.2 Å². The molecule has 0 atom stereocenters. The molecule has 1 heterocycles. The molecule has 0 aliphatic heterocycles. The van der Waals surface area contributed by atoms with Crippen LogP contribution >= 0.6 is 12.2 Å². The van der Waals surface area contributed by atoms with E-state index in [2.05, 4.69) is 0 Å². The number of hydrogen-bond donors (Lipinski definition) is 0. The molecule has 0 spiro atoms. The maximum Gasteiger partial charge on any atom is 0.333 e. The van der Waals surface area contributed by atoms with Crippen LogP contribution in [0, 0.1) is 4.64 Å². The van der Waals surface area contributed by atoms with Gasteiger partial charge >= 0.3 is 5.97 Å². The molecule has 1 aromatic heterocycles. The highest BCUT2D eigenvalue weighted by Gasteiger charge is 2.26. The molecule has 6 heteroatoms. The van der Waals surface area contributed by atoms with Crippen LogP contribution in [0.2, 0.25) is 0 Å². The average Bonchev–Trinajstić information content (AvgIpc) is 2.31. The fourth-order valence-electron chi connectivity index (χ4n) is 1.50. The largest absolute Gasteiger partial charge is 0.336 e. The number of halogens is 2. The van der Waals surface area contributed by atoms with Gasteiger partial charge in [0.15, 0.2) is 0 Å². The van der Waals surface area contributed by atoms with E-state index in [0.717, 1.165) is 11.7 Å². The number of pyridine rings is 1. The summed E-state index contributed by atoms with van der Waals surface area (Å²) in [4.78, 5) is 16.5. The Morgan fingerprint density at radius 1 is 1.47 bits per heavy atom. The van der Waals surface area contributed by atoms with Crippen LogP contribution in [0.1, 0.15) is 26.7 Å². The van der Waals surface area contributed by atoms with Gasteiger partial charge in [-0.15, -0.1) is 0 Å². The molecule has 0 bridgehead atoms. The Morgan fingerprint density at radius 2 is 2.16 bits per heavy atom. The van der Waals surface area contributed by atoms with Crippen molar-refractivity contribution in [1.82, 2.24) is 4.73 Å². The fraction of sp³-hybridized carbons (Fsp3) is 0.385. The second kappa shape index (κ2) is 6.56. The average molecular weight is 287 g/mol. The Hall–Kier alpha value is -1.56.